The van der Waals surface area contributed by atoms with Gasteiger partial charge in [-0.15, -0.1) is 0 Å². The second kappa shape index (κ2) is 6.33. The van der Waals surface area contributed by atoms with Crippen LogP contribution in [-0.4, -0.2) is 5.78 Å². The second-order valence-electron chi connectivity index (χ2n) is 4.94. The van der Waals surface area contributed by atoms with Crippen LogP contribution >= 0.6 is 0 Å². The zero-order chi connectivity index (χ0) is 14.5. The number of benzene rings is 2. The van der Waals surface area contributed by atoms with Crippen molar-refractivity contribution < 1.29 is 13.9 Å². The molecule has 0 fully saturated rings. The highest BCUT2D eigenvalue weighted by Crippen LogP contribution is 2.22. The number of ketones is 1. The third-order valence-electron chi connectivity index (χ3n) is 2.98. The summed E-state index contributed by atoms with van der Waals surface area (Å²) in [6.07, 6.45) is 0. The molecule has 0 spiro atoms. The SMILES string of the molecule is CC(C)C(=O)c1ccc(F)c(OCc2ccccc2)c1. The Morgan fingerprint density at radius 3 is 2.50 bits per heavy atom. The third kappa shape index (κ3) is 3.44. The minimum Gasteiger partial charge on any atom is -0.486 e. The number of hydrogen-bond acceptors (Lipinski definition) is 2. The van der Waals surface area contributed by atoms with E-state index in [1.807, 2.05) is 44.2 Å². The molecule has 0 N–H and O–H groups in total. The molecular weight excluding hydrogens is 255 g/mol. The fraction of sp³-hybridized carbons (Fsp3) is 0.235. The van der Waals surface area contributed by atoms with E-state index in [2.05, 4.69) is 0 Å². The van der Waals surface area contributed by atoms with Crippen LogP contribution in [-0.2, 0) is 6.61 Å². The van der Waals surface area contributed by atoms with Crippen LogP contribution in [0.3, 0.4) is 0 Å². The van der Waals surface area contributed by atoms with Crippen molar-refractivity contribution in [1.29, 1.82) is 0 Å². The molecule has 0 heterocycles. The van der Waals surface area contributed by atoms with Crippen LogP contribution in [0, 0.1) is 11.7 Å². The lowest BCUT2D eigenvalue weighted by atomic mass is 10.0. The lowest BCUT2D eigenvalue weighted by molar-refractivity contribution is 0.0939. The monoisotopic (exact) mass is 272 g/mol. The van der Waals surface area contributed by atoms with Gasteiger partial charge in [-0.05, 0) is 23.8 Å². The lowest BCUT2D eigenvalue weighted by Crippen LogP contribution is -2.08. The number of halogens is 1. The molecule has 104 valence electrons. The van der Waals surface area contributed by atoms with Gasteiger partial charge in [-0.2, -0.15) is 0 Å². The first-order valence-electron chi connectivity index (χ1n) is 6.58. The summed E-state index contributed by atoms with van der Waals surface area (Å²) in [6.45, 7) is 3.91. The van der Waals surface area contributed by atoms with E-state index < -0.39 is 5.82 Å². The summed E-state index contributed by atoms with van der Waals surface area (Å²) >= 11 is 0. The summed E-state index contributed by atoms with van der Waals surface area (Å²) < 4.78 is 19.2. The Morgan fingerprint density at radius 1 is 1.15 bits per heavy atom. The molecule has 2 aromatic rings. The highest BCUT2D eigenvalue weighted by Gasteiger charge is 2.13. The average Bonchev–Trinajstić information content (AvgIpc) is 2.46. The van der Waals surface area contributed by atoms with Gasteiger partial charge in [-0.1, -0.05) is 44.2 Å². The number of carbonyl (C=O) groups is 1. The van der Waals surface area contributed by atoms with E-state index in [9.17, 15) is 9.18 Å². The van der Waals surface area contributed by atoms with E-state index in [1.54, 1.807) is 0 Å². The molecule has 0 amide bonds. The Balaban J connectivity index is 2.15. The standard InChI is InChI=1S/C17H17FO2/c1-12(2)17(19)14-8-9-15(18)16(10-14)20-11-13-6-4-3-5-7-13/h3-10,12H,11H2,1-2H3. The molecule has 0 unspecified atom stereocenters. The van der Waals surface area contributed by atoms with Crippen LogP contribution in [0.25, 0.3) is 0 Å². The van der Waals surface area contributed by atoms with Gasteiger partial charge in [0.25, 0.3) is 0 Å². The van der Waals surface area contributed by atoms with Gasteiger partial charge in [-0.25, -0.2) is 4.39 Å². The Labute approximate surface area is 118 Å². The summed E-state index contributed by atoms with van der Waals surface area (Å²) in [5, 5.41) is 0. The molecule has 3 heteroatoms. The first-order valence-corrected chi connectivity index (χ1v) is 6.58. The molecule has 0 saturated carbocycles. The second-order valence-corrected chi connectivity index (χ2v) is 4.94. The number of rotatable bonds is 5. The van der Waals surface area contributed by atoms with Crippen molar-refractivity contribution >= 4 is 5.78 Å². The first-order chi connectivity index (χ1) is 9.58. The van der Waals surface area contributed by atoms with Crippen LogP contribution in [0.15, 0.2) is 48.5 Å². The Morgan fingerprint density at radius 2 is 1.85 bits per heavy atom. The smallest absolute Gasteiger partial charge is 0.165 e. The maximum atomic E-state index is 13.7. The fourth-order valence-corrected chi connectivity index (χ4v) is 1.84. The molecule has 0 saturated heterocycles. The normalized spacial score (nSPS) is 10.6. The average molecular weight is 272 g/mol. The van der Waals surface area contributed by atoms with Crippen LogP contribution < -0.4 is 4.74 Å². The quantitative estimate of drug-likeness (QED) is 0.761. The molecule has 0 bridgehead atoms. The van der Waals surface area contributed by atoms with Gasteiger partial charge in [0.2, 0.25) is 0 Å². The molecule has 0 aliphatic heterocycles. The van der Waals surface area contributed by atoms with Gasteiger partial charge in [0.15, 0.2) is 17.3 Å². The minimum atomic E-state index is -0.457. The van der Waals surface area contributed by atoms with E-state index in [-0.39, 0.29) is 24.1 Å². The highest BCUT2D eigenvalue weighted by molar-refractivity contribution is 5.97. The lowest BCUT2D eigenvalue weighted by Gasteiger charge is -2.10. The van der Waals surface area contributed by atoms with E-state index in [4.69, 9.17) is 4.74 Å². The molecule has 0 aromatic heterocycles. The van der Waals surface area contributed by atoms with Crippen molar-refractivity contribution in [3.8, 4) is 5.75 Å². The summed E-state index contributed by atoms with van der Waals surface area (Å²) in [5.41, 5.74) is 1.43. The fourth-order valence-electron chi connectivity index (χ4n) is 1.84. The molecule has 0 aliphatic rings. The van der Waals surface area contributed by atoms with E-state index >= 15 is 0 Å². The molecule has 0 radical (unpaired) electrons. The highest BCUT2D eigenvalue weighted by atomic mass is 19.1. The van der Waals surface area contributed by atoms with Gasteiger partial charge in [0.05, 0.1) is 0 Å². The van der Waals surface area contributed by atoms with Gasteiger partial charge < -0.3 is 4.74 Å². The van der Waals surface area contributed by atoms with Crippen LogP contribution in [0.1, 0.15) is 29.8 Å². The minimum absolute atomic E-state index is 0.0189. The molecule has 2 rings (SSSR count). The van der Waals surface area contributed by atoms with Crippen molar-refractivity contribution in [2.75, 3.05) is 0 Å². The maximum absolute atomic E-state index is 13.7. The number of Topliss-reactive ketones (excluding diaryl/α,β-unsaturated/α-hetero) is 1. The Kier molecular flexibility index (Phi) is 4.51. The maximum Gasteiger partial charge on any atom is 0.165 e. The van der Waals surface area contributed by atoms with Crippen LogP contribution in [0.5, 0.6) is 5.75 Å². The summed E-state index contributed by atoms with van der Waals surface area (Å²) in [5.74, 6) is -0.487. The van der Waals surface area contributed by atoms with Crippen molar-refractivity contribution in [3.63, 3.8) is 0 Å². The molecule has 0 aliphatic carbocycles. The van der Waals surface area contributed by atoms with E-state index in [1.165, 1.54) is 18.2 Å². The summed E-state index contributed by atoms with van der Waals surface area (Å²) in [4.78, 5) is 11.9. The zero-order valence-electron chi connectivity index (χ0n) is 11.6. The van der Waals surface area contributed by atoms with Gasteiger partial charge in [0, 0.05) is 11.5 Å². The van der Waals surface area contributed by atoms with Gasteiger partial charge >= 0.3 is 0 Å². The summed E-state index contributed by atoms with van der Waals surface area (Å²) in [6, 6.07) is 13.7. The molecule has 2 aromatic carbocycles. The van der Waals surface area contributed by atoms with E-state index in [0.717, 1.165) is 5.56 Å². The van der Waals surface area contributed by atoms with Crippen LogP contribution in [0.4, 0.5) is 4.39 Å². The third-order valence-corrected chi connectivity index (χ3v) is 2.98. The van der Waals surface area contributed by atoms with Crippen LogP contribution in [0.2, 0.25) is 0 Å². The molecule has 20 heavy (non-hydrogen) atoms. The zero-order valence-corrected chi connectivity index (χ0v) is 11.6. The predicted molar refractivity (Wildman–Crippen MR) is 76.3 cm³/mol. The van der Waals surface area contributed by atoms with Gasteiger partial charge in [0.1, 0.15) is 6.61 Å². The first kappa shape index (κ1) is 14.3. The Bertz CT molecular complexity index is 591. The van der Waals surface area contributed by atoms with Crippen molar-refractivity contribution in [1.82, 2.24) is 0 Å². The number of ether oxygens (including phenoxy) is 1. The number of carbonyl (C=O) groups excluding carboxylic acids is 1. The molecule has 0 atom stereocenters. The predicted octanol–water partition coefficient (Wildman–Crippen LogP) is 4.24. The topological polar surface area (TPSA) is 26.3 Å². The Hall–Kier alpha value is -2.16. The van der Waals surface area contributed by atoms with E-state index in [0.29, 0.717) is 5.56 Å². The molecule has 2 nitrogen and oxygen atoms in total. The molecular formula is C17H17FO2. The van der Waals surface area contributed by atoms with Crippen molar-refractivity contribution in [2.24, 2.45) is 5.92 Å². The van der Waals surface area contributed by atoms with Gasteiger partial charge in [-0.3, -0.25) is 4.79 Å². The number of hydrogen-bond donors (Lipinski definition) is 0. The van der Waals surface area contributed by atoms with Crippen molar-refractivity contribution in [3.05, 3.63) is 65.5 Å². The van der Waals surface area contributed by atoms with Crippen molar-refractivity contribution in [2.45, 2.75) is 20.5 Å². The summed E-state index contributed by atoms with van der Waals surface area (Å²) in [7, 11) is 0. The largest absolute Gasteiger partial charge is 0.486 e.